The van der Waals surface area contributed by atoms with Crippen LogP contribution in [0.3, 0.4) is 0 Å². The number of allylic oxidation sites excluding steroid dienone is 2. The number of ether oxygens (including phenoxy) is 1. The summed E-state index contributed by atoms with van der Waals surface area (Å²) in [4.78, 5) is 23.5. The predicted molar refractivity (Wildman–Crippen MR) is 122 cm³/mol. The van der Waals surface area contributed by atoms with Gasteiger partial charge in [0.05, 0.1) is 42.5 Å². The second kappa shape index (κ2) is 10.5. The number of anilines is 1. The summed E-state index contributed by atoms with van der Waals surface area (Å²) in [6.45, 7) is 15.0. The Balaban J connectivity index is 0.00000101. The topological polar surface area (TPSA) is 72.6 Å². The molecule has 0 radical (unpaired) electrons. The number of aromatic nitrogens is 3. The molecular weight excluding hydrogens is 378 g/mol. The van der Waals surface area contributed by atoms with E-state index >= 15 is 0 Å². The van der Waals surface area contributed by atoms with Crippen LogP contribution in [0, 0.1) is 6.92 Å². The predicted octanol–water partition coefficient (Wildman–Crippen LogP) is 4.77. The van der Waals surface area contributed by atoms with E-state index in [1.807, 2.05) is 39.1 Å². The Morgan fingerprint density at radius 1 is 1.37 bits per heavy atom. The van der Waals surface area contributed by atoms with Crippen LogP contribution in [0.15, 0.2) is 42.0 Å². The number of fused-ring (bicyclic) bond motifs is 1. The minimum atomic E-state index is -0.0411. The highest BCUT2D eigenvalue weighted by Crippen LogP contribution is 2.30. The maximum atomic E-state index is 12.9. The van der Waals surface area contributed by atoms with E-state index in [1.54, 1.807) is 22.0 Å². The van der Waals surface area contributed by atoms with Crippen LogP contribution in [0.5, 0.6) is 0 Å². The number of nitrogens with zero attached hydrogens (tertiary/aromatic N) is 5. The normalized spacial score (nSPS) is 13.3. The fourth-order valence-corrected chi connectivity index (χ4v) is 3.01. The maximum Gasteiger partial charge on any atom is 0.260 e. The first kappa shape index (κ1) is 23.1. The van der Waals surface area contributed by atoms with Crippen molar-refractivity contribution < 1.29 is 9.53 Å². The van der Waals surface area contributed by atoms with Crippen molar-refractivity contribution in [3.63, 3.8) is 0 Å². The third-order valence-corrected chi connectivity index (χ3v) is 4.50. The molecule has 3 rings (SSSR count). The second-order valence-electron chi connectivity index (χ2n) is 6.90. The molecule has 0 fully saturated rings. The molecule has 0 aliphatic carbocycles. The number of aryl methyl sites for hydroxylation is 2. The minimum absolute atomic E-state index is 0.0411. The summed E-state index contributed by atoms with van der Waals surface area (Å²) in [5, 5.41) is 4.26. The molecule has 1 aliphatic heterocycles. The van der Waals surface area contributed by atoms with Gasteiger partial charge in [0.25, 0.3) is 5.91 Å². The lowest BCUT2D eigenvalue weighted by Gasteiger charge is -2.12. The molecule has 3 heterocycles. The minimum Gasteiger partial charge on any atom is -0.481 e. The molecule has 7 nitrogen and oxygen atoms in total. The summed E-state index contributed by atoms with van der Waals surface area (Å²) < 4.78 is 6.77. The number of pyridine rings is 1. The quantitative estimate of drug-likeness (QED) is 0.509. The molecule has 0 saturated heterocycles. The van der Waals surface area contributed by atoms with Crippen molar-refractivity contribution in [1.29, 1.82) is 0 Å². The zero-order valence-electron chi connectivity index (χ0n) is 18.8. The molecule has 0 atom stereocenters. The van der Waals surface area contributed by atoms with Gasteiger partial charge in [-0.1, -0.05) is 26.3 Å². The largest absolute Gasteiger partial charge is 0.481 e. The molecule has 1 amide bonds. The highest BCUT2D eigenvalue weighted by Gasteiger charge is 2.32. The van der Waals surface area contributed by atoms with E-state index in [0.29, 0.717) is 18.0 Å². The summed E-state index contributed by atoms with van der Waals surface area (Å²) in [6, 6.07) is 1.91. The molecular formula is C23H31N5O2. The Hall–Kier alpha value is -3.22. The number of amides is 1. The summed E-state index contributed by atoms with van der Waals surface area (Å²) in [7, 11) is 1.52. The van der Waals surface area contributed by atoms with Crippen molar-refractivity contribution in [1.82, 2.24) is 14.8 Å². The maximum absolute atomic E-state index is 12.9. The molecule has 0 bridgehead atoms. The average Bonchev–Trinajstić information content (AvgIpc) is 3.33. The second-order valence-corrected chi connectivity index (χ2v) is 6.90. The van der Waals surface area contributed by atoms with Crippen LogP contribution in [0.25, 0.3) is 5.57 Å². The lowest BCUT2D eigenvalue weighted by molar-refractivity contribution is 0.0996. The van der Waals surface area contributed by atoms with Gasteiger partial charge in [-0.15, -0.1) is 0 Å². The fraction of sp³-hybridized carbons (Fsp3) is 0.391. The molecule has 0 N–H and O–H groups in total. The first-order valence-electron chi connectivity index (χ1n) is 10.2. The molecule has 1 aliphatic rings. The van der Waals surface area contributed by atoms with E-state index in [9.17, 15) is 4.79 Å². The highest BCUT2D eigenvalue weighted by molar-refractivity contribution is 6.12. The van der Waals surface area contributed by atoms with Crippen LogP contribution in [0.4, 0.5) is 5.69 Å². The van der Waals surface area contributed by atoms with Gasteiger partial charge >= 0.3 is 0 Å². The van der Waals surface area contributed by atoms with Crippen LogP contribution in [-0.4, -0.2) is 34.0 Å². The molecule has 30 heavy (non-hydrogen) atoms. The average molecular weight is 410 g/mol. The van der Waals surface area contributed by atoms with Gasteiger partial charge in [-0.2, -0.15) is 5.10 Å². The zero-order valence-corrected chi connectivity index (χ0v) is 18.8. The van der Waals surface area contributed by atoms with Gasteiger partial charge in [0.2, 0.25) is 5.88 Å². The Morgan fingerprint density at radius 3 is 2.63 bits per heavy atom. The van der Waals surface area contributed by atoms with Crippen LogP contribution < -0.4 is 4.90 Å². The monoisotopic (exact) mass is 409 g/mol. The molecule has 0 aromatic carbocycles. The van der Waals surface area contributed by atoms with E-state index in [0.717, 1.165) is 34.8 Å². The summed E-state index contributed by atoms with van der Waals surface area (Å²) in [6.07, 6.45) is 8.42. The Labute approximate surface area is 178 Å². The molecule has 0 spiro atoms. The van der Waals surface area contributed by atoms with E-state index in [2.05, 4.69) is 30.5 Å². The highest BCUT2D eigenvalue weighted by atomic mass is 16.5. The fourth-order valence-electron chi connectivity index (χ4n) is 3.01. The number of rotatable bonds is 6. The molecule has 0 unspecified atom stereocenters. The van der Waals surface area contributed by atoms with Crippen molar-refractivity contribution in [3.8, 4) is 0 Å². The third-order valence-electron chi connectivity index (χ3n) is 4.50. The molecule has 0 saturated carbocycles. The van der Waals surface area contributed by atoms with E-state index in [4.69, 9.17) is 9.72 Å². The SMILES string of the molecule is C=C(/N=C\C(=C/C)c1cc(C)c2c(n1)CN(c1cnn(CC)c1)C2=O)OC.CCC. The van der Waals surface area contributed by atoms with Gasteiger partial charge in [0.15, 0.2) is 0 Å². The number of methoxy groups -OCH3 is 1. The van der Waals surface area contributed by atoms with Crippen molar-refractivity contribution >= 4 is 23.4 Å². The summed E-state index contributed by atoms with van der Waals surface area (Å²) in [5.74, 6) is 0.280. The van der Waals surface area contributed by atoms with Gasteiger partial charge < -0.3 is 4.74 Å². The van der Waals surface area contributed by atoms with Gasteiger partial charge in [0.1, 0.15) is 0 Å². The third kappa shape index (κ3) is 5.03. The Kier molecular flexibility index (Phi) is 8.09. The van der Waals surface area contributed by atoms with Crippen molar-refractivity contribution in [3.05, 3.63) is 59.5 Å². The summed E-state index contributed by atoms with van der Waals surface area (Å²) >= 11 is 0. The van der Waals surface area contributed by atoms with E-state index in [1.165, 1.54) is 13.5 Å². The first-order valence-corrected chi connectivity index (χ1v) is 10.2. The smallest absolute Gasteiger partial charge is 0.260 e. The molecule has 2 aromatic heterocycles. The summed E-state index contributed by atoms with van der Waals surface area (Å²) in [5.41, 5.74) is 4.70. The van der Waals surface area contributed by atoms with E-state index in [-0.39, 0.29) is 5.91 Å². The molecule has 2 aromatic rings. The van der Waals surface area contributed by atoms with Gasteiger partial charge in [-0.25, -0.2) is 4.99 Å². The Morgan fingerprint density at radius 2 is 2.07 bits per heavy atom. The van der Waals surface area contributed by atoms with Crippen LogP contribution in [0.2, 0.25) is 0 Å². The lowest BCUT2D eigenvalue weighted by atomic mass is 10.0. The van der Waals surface area contributed by atoms with Crippen LogP contribution in [-0.2, 0) is 17.8 Å². The standard InChI is InChI=1S/C20H23N5O2.C3H8/c1-6-15(9-21-14(4)27-5)17-8-13(3)19-18(23-17)12-25(20(19)26)16-10-22-24(7-2)11-16;1-3-2/h6,8-11H,4,7,12H2,1-3,5H3;3H2,1-2H3/b15-6+,21-9-;. The van der Waals surface area contributed by atoms with E-state index < -0.39 is 0 Å². The lowest BCUT2D eigenvalue weighted by Crippen LogP contribution is -2.22. The van der Waals surface area contributed by atoms with Gasteiger partial charge in [0, 0.05) is 24.5 Å². The Bertz CT molecular complexity index is 972. The number of aliphatic imine (C=N–C) groups is 1. The first-order chi connectivity index (χ1) is 14.4. The van der Waals surface area contributed by atoms with Gasteiger partial charge in [-0.05, 0) is 39.0 Å². The van der Waals surface area contributed by atoms with Crippen molar-refractivity contribution in [2.24, 2.45) is 4.99 Å². The van der Waals surface area contributed by atoms with Crippen molar-refractivity contribution in [2.75, 3.05) is 12.0 Å². The zero-order chi connectivity index (χ0) is 22.3. The van der Waals surface area contributed by atoms with Crippen molar-refractivity contribution in [2.45, 2.75) is 54.1 Å². The number of carbonyl (C=O) groups excluding carboxylic acids is 1. The molecule has 7 heteroatoms. The van der Waals surface area contributed by atoms with Crippen LogP contribution in [0.1, 0.15) is 61.4 Å². The number of hydrogen-bond acceptors (Lipinski definition) is 5. The number of hydrogen-bond donors (Lipinski definition) is 0. The number of carbonyl (C=O) groups is 1. The van der Waals surface area contributed by atoms with Gasteiger partial charge in [-0.3, -0.25) is 19.4 Å². The molecule has 160 valence electrons. The van der Waals surface area contributed by atoms with Crippen LogP contribution >= 0.6 is 0 Å².